The molecule has 9 heteroatoms. The quantitative estimate of drug-likeness (QED) is 0.269. The predicted octanol–water partition coefficient (Wildman–Crippen LogP) is 4.07. The van der Waals surface area contributed by atoms with Gasteiger partial charge in [-0.15, -0.1) is 0 Å². The van der Waals surface area contributed by atoms with Crippen molar-refractivity contribution in [2.45, 2.75) is 6.42 Å². The van der Waals surface area contributed by atoms with Gasteiger partial charge in [0, 0.05) is 61.6 Å². The van der Waals surface area contributed by atoms with Crippen LogP contribution in [0.1, 0.15) is 6.42 Å². The summed E-state index contributed by atoms with van der Waals surface area (Å²) >= 11 is 0. The lowest BCUT2D eigenvalue weighted by Gasteiger charge is -2.26. The second kappa shape index (κ2) is 10.8. The van der Waals surface area contributed by atoms with Crippen LogP contribution in [0.4, 0.5) is 17.3 Å². The highest BCUT2D eigenvalue weighted by atomic mass is 16.5. The van der Waals surface area contributed by atoms with Crippen LogP contribution in [-0.4, -0.2) is 66.0 Å². The minimum Gasteiger partial charge on any atom is -0.494 e. The van der Waals surface area contributed by atoms with E-state index < -0.39 is 0 Å². The zero-order valence-electron chi connectivity index (χ0n) is 20.7. The van der Waals surface area contributed by atoms with Crippen molar-refractivity contribution in [1.29, 1.82) is 0 Å². The number of hydrogen-bond acceptors (Lipinski definition) is 8. The maximum atomic E-state index is 6.32. The van der Waals surface area contributed by atoms with Crippen LogP contribution in [0.5, 0.6) is 11.5 Å². The maximum Gasteiger partial charge on any atom is 0.227 e. The second-order valence-corrected chi connectivity index (χ2v) is 8.81. The second-order valence-electron chi connectivity index (χ2n) is 8.81. The fraction of sp³-hybridized carbons (Fsp3) is 0.333. The summed E-state index contributed by atoms with van der Waals surface area (Å²) in [5.41, 5.74) is 10.5. The molecule has 5 rings (SSSR count). The van der Waals surface area contributed by atoms with Crippen LogP contribution in [0.25, 0.3) is 22.2 Å². The van der Waals surface area contributed by atoms with Gasteiger partial charge < -0.3 is 29.8 Å². The Kier molecular flexibility index (Phi) is 7.20. The molecule has 0 radical (unpaired) electrons. The van der Waals surface area contributed by atoms with E-state index in [0.717, 1.165) is 61.4 Å². The number of nitrogens with one attached hydrogen (secondary N) is 1. The fourth-order valence-electron chi connectivity index (χ4n) is 4.50. The van der Waals surface area contributed by atoms with Crippen LogP contribution in [0.15, 0.2) is 54.9 Å². The van der Waals surface area contributed by atoms with Crippen LogP contribution in [0.3, 0.4) is 0 Å². The molecular formula is C27H32N6O3. The summed E-state index contributed by atoms with van der Waals surface area (Å²) in [7, 11) is 3.65. The molecule has 1 aliphatic rings. The van der Waals surface area contributed by atoms with Gasteiger partial charge in [0.25, 0.3) is 0 Å². The Morgan fingerprint density at radius 3 is 2.78 bits per heavy atom. The molecule has 1 fully saturated rings. The number of nitrogens with two attached hydrogens (primary N) is 1. The van der Waals surface area contributed by atoms with E-state index in [1.54, 1.807) is 25.4 Å². The molecule has 0 unspecified atom stereocenters. The average Bonchev–Trinajstić information content (AvgIpc) is 3.25. The molecular weight excluding hydrogens is 456 g/mol. The molecule has 0 spiro atoms. The van der Waals surface area contributed by atoms with Crippen molar-refractivity contribution >= 4 is 28.2 Å². The molecule has 0 saturated carbocycles. The molecule has 3 N–H and O–H groups in total. The number of para-hydroxylation sites is 1. The first-order valence-corrected chi connectivity index (χ1v) is 12.2. The van der Waals surface area contributed by atoms with Crippen molar-refractivity contribution in [2.75, 3.05) is 57.6 Å². The van der Waals surface area contributed by atoms with Crippen LogP contribution in [-0.2, 0) is 11.8 Å². The third-order valence-corrected chi connectivity index (χ3v) is 6.39. The van der Waals surface area contributed by atoms with Gasteiger partial charge in [-0.2, -0.15) is 0 Å². The third kappa shape index (κ3) is 5.22. The average molecular weight is 489 g/mol. The largest absolute Gasteiger partial charge is 0.494 e. The van der Waals surface area contributed by atoms with Crippen molar-refractivity contribution in [2.24, 2.45) is 7.05 Å². The lowest BCUT2D eigenvalue weighted by atomic mass is 10.1. The molecule has 9 nitrogen and oxygen atoms in total. The number of aryl methyl sites for hydroxylation is 1. The molecule has 2 aromatic carbocycles. The Hall–Kier alpha value is -3.82. The highest BCUT2D eigenvalue weighted by molar-refractivity contribution is 5.95. The molecule has 36 heavy (non-hydrogen) atoms. The van der Waals surface area contributed by atoms with Gasteiger partial charge in [0.15, 0.2) is 0 Å². The van der Waals surface area contributed by atoms with Crippen molar-refractivity contribution in [3.05, 3.63) is 54.9 Å². The van der Waals surface area contributed by atoms with Gasteiger partial charge >= 0.3 is 0 Å². The Balaban J connectivity index is 1.29. The summed E-state index contributed by atoms with van der Waals surface area (Å²) < 4.78 is 19.1. The molecule has 4 aromatic rings. The lowest BCUT2D eigenvalue weighted by molar-refractivity contribution is 0.0358. The molecule has 0 aliphatic carbocycles. The Bertz CT molecular complexity index is 1330. The number of benzene rings is 2. The van der Waals surface area contributed by atoms with Gasteiger partial charge in [-0.25, -0.2) is 9.97 Å². The number of methoxy groups -OCH3 is 1. The zero-order chi connectivity index (χ0) is 24.9. The number of morpholine rings is 1. The minimum atomic E-state index is 0.456. The van der Waals surface area contributed by atoms with Crippen LogP contribution >= 0.6 is 0 Å². The molecule has 1 saturated heterocycles. The molecule has 0 bridgehead atoms. The van der Waals surface area contributed by atoms with E-state index >= 15 is 0 Å². The van der Waals surface area contributed by atoms with Gasteiger partial charge in [-0.1, -0.05) is 18.2 Å². The van der Waals surface area contributed by atoms with E-state index in [-0.39, 0.29) is 0 Å². The number of hydrogen-bond donors (Lipinski definition) is 2. The van der Waals surface area contributed by atoms with Gasteiger partial charge in [0.2, 0.25) is 5.95 Å². The molecule has 0 amide bonds. The van der Waals surface area contributed by atoms with Gasteiger partial charge in [-0.3, -0.25) is 4.90 Å². The number of nitrogen functional groups attached to an aromatic ring is 1. The SMILES string of the molecule is COc1cc(OCCCN2CCOCC2)c(N)cc1Nc1nccc(-c2cn(C)c3ccccc23)n1. The number of fused-ring (bicyclic) bond motifs is 1. The van der Waals surface area contributed by atoms with E-state index in [1.165, 1.54) is 0 Å². The number of ether oxygens (including phenoxy) is 3. The van der Waals surface area contributed by atoms with E-state index in [0.29, 0.717) is 35.4 Å². The summed E-state index contributed by atoms with van der Waals surface area (Å²) in [6.07, 6.45) is 4.74. The van der Waals surface area contributed by atoms with E-state index in [4.69, 9.17) is 24.9 Å². The lowest BCUT2D eigenvalue weighted by Crippen LogP contribution is -2.37. The standard InChI is InChI=1S/C27H32N6O3/c1-32-18-20(19-6-3-4-7-24(19)32)22-8-9-29-27(30-22)31-23-16-21(28)25(17-26(23)34-2)36-13-5-10-33-11-14-35-15-12-33/h3-4,6-9,16-18H,5,10-15,28H2,1-2H3,(H,29,30,31). The first-order valence-electron chi connectivity index (χ1n) is 12.2. The van der Waals surface area contributed by atoms with Crippen molar-refractivity contribution in [3.63, 3.8) is 0 Å². The summed E-state index contributed by atoms with van der Waals surface area (Å²) in [5, 5.41) is 4.40. The van der Waals surface area contributed by atoms with E-state index in [9.17, 15) is 0 Å². The number of rotatable bonds is 9. The minimum absolute atomic E-state index is 0.456. The zero-order valence-corrected chi connectivity index (χ0v) is 20.7. The van der Waals surface area contributed by atoms with E-state index in [2.05, 4.69) is 38.1 Å². The van der Waals surface area contributed by atoms with Crippen molar-refractivity contribution in [3.8, 4) is 22.8 Å². The smallest absolute Gasteiger partial charge is 0.227 e. The summed E-state index contributed by atoms with van der Waals surface area (Å²) in [6, 6.07) is 13.8. The molecule has 1 aliphatic heterocycles. The molecule has 2 aromatic heterocycles. The number of anilines is 3. The highest BCUT2D eigenvalue weighted by Crippen LogP contribution is 2.36. The summed E-state index contributed by atoms with van der Waals surface area (Å²) in [5.74, 6) is 1.66. The number of nitrogens with zero attached hydrogens (tertiary/aromatic N) is 4. The maximum absolute atomic E-state index is 6.32. The van der Waals surface area contributed by atoms with Gasteiger partial charge in [0.05, 0.1) is 44.0 Å². The van der Waals surface area contributed by atoms with E-state index in [1.807, 2.05) is 25.2 Å². The van der Waals surface area contributed by atoms with Crippen LogP contribution in [0, 0.1) is 0 Å². The highest BCUT2D eigenvalue weighted by Gasteiger charge is 2.14. The van der Waals surface area contributed by atoms with Crippen LogP contribution < -0.4 is 20.5 Å². The summed E-state index contributed by atoms with van der Waals surface area (Å²) in [4.78, 5) is 11.6. The monoisotopic (exact) mass is 488 g/mol. The Labute approximate surface area is 210 Å². The van der Waals surface area contributed by atoms with Crippen LogP contribution in [0.2, 0.25) is 0 Å². The number of aromatic nitrogens is 3. The molecule has 3 heterocycles. The normalized spacial score (nSPS) is 14.2. The Morgan fingerprint density at radius 2 is 1.94 bits per heavy atom. The molecule has 188 valence electrons. The first-order chi connectivity index (χ1) is 17.6. The third-order valence-electron chi connectivity index (χ3n) is 6.39. The van der Waals surface area contributed by atoms with Crippen molar-refractivity contribution in [1.82, 2.24) is 19.4 Å². The predicted molar refractivity (Wildman–Crippen MR) is 142 cm³/mol. The first kappa shape index (κ1) is 23.9. The topological polar surface area (TPSA) is 99.7 Å². The van der Waals surface area contributed by atoms with Gasteiger partial charge in [0.1, 0.15) is 11.5 Å². The van der Waals surface area contributed by atoms with Gasteiger partial charge in [-0.05, 0) is 24.6 Å². The fourth-order valence-corrected chi connectivity index (χ4v) is 4.50. The Morgan fingerprint density at radius 1 is 1.11 bits per heavy atom. The molecule has 0 atom stereocenters. The summed E-state index contributed by atoms with van der Waals surface area (Å²) in [6.45, 7) is 5.10. The van der Waals surface area contributed by atoms with Crippen molar-refractivity contribution < 1.29 is 14.2 Å².